The maximum atomic E-state index is 2.12. The van der Waals surface area contributed by atoms with E-state index < -0.39 is 0 Å². The average molecular weight is 383 g/mol. The molecule has 0 aliphatic heterocycles. The molecule has 0 unspecified atom stereocenters. The van der Waals surface area contributed by atoms with Crippen LogP contribution in [0, 0.1) is 0 Å². The van der Waals surface area contributed by atoms with Crippen molar-refractivity contribution >= 4 is 24.8 Å². The van der Waals surface area contributed by atoms with Gasteiger partial charge in [0.2, 0.25) is 0 Å². The van der Waals surface area contributed by atoms with Crippen molar-refractivity contribution in [3.05, 3.63) is 91.0 Å². The Morgan fingerprint density at radius 2 is 0.850 bits per heavy atom. The van der Waals surface area contributed by atoms with Gasteiger partial charge in [0, 0.05) is 26.2 Å². The fraction of sp³-hybridized carbons (Fsp3) is 0. The predicted octanol–water partition coefficient (Wildman–Crippen LogP) is 5.60. The Morgan fingerprint density at radius 1 is 0.500 bits per heavy atom. The van der Waals surface area contributed by atoms with E-state index in [0.717, 1.165) is 0 Å². The van der Waals surface area contributed by atoms with Crippen molar-refractivity contribution in [2.45, 2.75) is 0 Å². The van der Waals surface area contributed by atoms with Gasteiger partial charge in [0.05, 0.1) is 0 Å². The second kappa shape index (κ2) is 13.2. The molecule has 3 heteroatoms. The monoisotopic (exact) mass is 381 g/mol. The summed E-state index contributed by atoms with van der Waals surface area (Å²) in [5.41, 5.74) is 2.55. The quantitative estimate of drug-likeness (QED) is 0.480. The molecule has 0 spiro atoms. The minimum absolute atomic E-state index is 0. The first-order chi connectivity index (χ1) is 8.47. The van der Waals surface area contributed by atoms with Crippen LogP contribution < -0.4 is 0 Å². The Hall–Kier alpha value is -0.747. The van der Waals surface area contributed by atoms with E-state index in [1.807, 2.05) is 42.5 Å². The summed E-state index contributed by atoms with van der Waals surface area (Å²) in [5.74, 6) is 0. The van der Waals surface area contributed by atoms with Crippen molar-refractivity contribution in [3.8, 4) is 11.1 Å². The minimum Gasteiger partial charge on any atom is -0.214 e. The van der Waals surface area contributed by atoms with Crippen molar-refractivity contribution < 1.29 is 26.2 Å². The molecule has 0 aliphatic carbocycles. The maximum absolute atomic E-state index is 2.12. The number of hydrogen-bond donors (Lipinski definition) is 0. The first-order valence-electron chi connectivity index (χ1n) is 5.74. The predicted molar refractivity (Wildman–Crippen MR) is 88.4 cm³/mol. The zero-order valence-corrected chi connectivity index (χ0v) is 15.1. The Labute approximate surface area is 152 Å². The van der Waals surface area contributed by atoms with Crippen LogP contribution in [-0.4, -0.2) is 0 Å². The van der Waals surface area contributed by atoms with Crippen LogP contribution >= 0.6 is 24.8 Å². The first kappa shape index (κ1) is 21.5. The smallest absolute Gasteiger partial charge is 0 e. The van der Waals surface area contributed by atoms with E-state index in [2.05, 4.69) is 48.5 Å². The number of benzene rings is 2. The summed E-state index contributed by atoms with van der Waals surface area (Å²) < 4.78 is 0. The van der Waals surface area contributed by atoms with Crippen LogP contribution in [0.25, 0.3) is 11.1 Å². The van der Waals surface area contributed by atoms with Crippen LogP contribution in [0.3, 0.4) is 0 Å². The van der Waals surface area contributed by atoms with E-state index in [1.54, 1.807) is 0 Å². The van der Waals surface area contributed by atoms with Crippen molar-refractivity contribution in [2.24, 2.45) is 0 Å². The molecular formula is C17H17Cl2Zr-. The molecule has 0 saturated carbocycles. The van der Waals surface area contributed by atoms with E-state index in [9.17, 15) is 0 Å². The zero-order chi connectivity index (χ0) is 11.8. The van der Waals surface area contributed by atoms with Crippen molar-refractivity contribution in [1.82, 2.24) is 0 Å². The van der Waals surface area contributed by atoms with Crippen molar-refractivity contribution in [3.63, 3.8) is 0 Å². The molecule has 104 valence electrons. The zero-order valence-electron chi connectivity index (χ0n) is 11.0. The van der Waals surface area contributed by atoms with E-state index in [4.69, 9.17) is 0 Å². The van der Waals surface area contributed by atoms with Gasteiger partial charge in [-0.05, 0) is 11.1 Å². The average Bonchev–Trinajstić information content (AvgIpc) is 3.00. The summed E-state index contributed by atoms with van der Waals surface area (Å²) in [6.45, 7) is 0. The summed E-state index contributed by atoms with van der Waals surface area (Å²) in [7, 11) is 0. The van der Waals surface area contributed by atoms with Gasteiger partial charge in [-0.15, -0.1) is 24.8 Å². The van der Waals surface area contributed by atoms with Crippen LogP contribution in [0.5, 0.6) is 0 Å². The second-order valence-electron chi connectivity index (χ2n) is 3.69. The molecule has 3 aromatic carbocycles. The van der Waals surface area contributed by atoms with Gasteiger partial charge in [0.1, 0.15) is 0 Å². The summed E-state index contributed by atoms with van der Waals surface area (Å²) in [4.78, 5) is 0. The Bertz CT molecular complexity index is 452. The summed E-state index contributed by atoms with van der Waals surface area (Å²) in [6, 6.07) is 30.8. The second-order valence-corrected chi connectivity index (χ2v) is 3.69. The molecular weight excluding hydrogens is 366 g/mol. The van der Waals surface area contributed by atoms with E-state index in [0.29, 0.717) is 0 Å². The molecule has 0 aromatic heterocycles. The molecule has 3 rings (SSSR count). The van der Waals surface area contributed by atoms with Gasteiger partial charge in [-0.2, -0.15) is 18.2 Å². The SMILES string of the molecule is Cl.Cl.[Zr].c1cc[cH-]c1.c1ccc(-c2ccccc2)cc1. The number of hydrogen-bond acceptors (Lipinski definition) is 0. The third-order valence-electron chi connectivity index (χ3n) is 2.44. The van der Waals surface area contributed by atoms with Gasteiger partial charge in [-0.1, -0.05) is 60.7 Å². The summed E-state index contributed by atoms with van der Waals surface area (Å²) in [5, 5.41) is 0. The van der Waals surface area contributed by atoms with Crippen LogP contribution in [0.1, 0.15) is 0 Å². The molecule has 0 N–H and O–H groups in total. The molecule has 0 saturated heterocycles. The fourth-order valence-corrected chi connectivity index (χ4v) is 1.58. The summed E-state index contributed by atoms with van der Waals surface area (Å²) in [6.07, 6.45) is 0. The number of halogens is 2. The number of rotatable bonds is 1. The minimum atomic E-state index is 0. The van der Waals surface area contributed by atoms with E-state index >= 15 is 0 Å². The van der Waals surface area contributed by atoms with Crippen molar-refractivity contribution in [2.75, 3.05) is 0 Å². The Balaban J connectivity index is 0. The van der Waals surface area contributed by atoms with Crippen LogP contribution in [0.4, 0.5) is 0 Å². The molecule has 0 bridgehead atoms. The first-order valence-corrected chi connectivity index (χ1v) is 5.74. The van der Waals surface area contributed by atoms with Crippen LogP contribution in [0.15, 0.2) is 91.0 Å². The van der Waals surface area contributed by atoms with E-state index in [1.165, 1.54) is 11.1 Å². The van der Waals surface area contributed by atoms with Gasteiger partial charge in [-0.25, -0.2) is 12.1 Å². The molecule has 0 aliphatic rings. The van der Waals surface area contributed by atoms with Gasteiger partial charge >= 0.3 is 0 Å². The molecule has 0 amide bonds. The molecule has 0 atom stereocenters. The largest absolute Gasteiger partial charge is 0.214 e. The Morgan fingerprint density at radius 3 is 1.10 bits per heavy atom. The third-order valence-corrected chi connectivity index (χ3v) is 2.44. The molecule has 3 aromatic rings. The Kier molecular flexibility index (Phi) is 14.3. The normalized spacial score (nSPS) is 7.80. The van der Waals surface area contributed by atoms with Crippen molar-refractivity contribution in [1.29, 1.82) is 0 Å². The van der Waals surface area contributed by atoms with Gasteiger partial charge in [0.25, 0.3) is 0 Å². The topological polar surface area (TPSA) is 0 Å². The van der Waals surface area contributed by atoms with E-state index in [-0.39, 0.29) is 51.0 Å². The molecule has 0 radical (unpaired) electrons. The maximum Gasteiger partial charge on any atom is 0 e. The molecule has 0 nitrogen and oxygen atoms in total. The van der Waals surface area contributed by atoms with Gasteiger partial charge < -0.3 is 0 Å². The molecule has 0 heterocycles. The van der Waals surface area contributed by atoms with Crippen LogP contribution in [0.2, 0.25) is 0 Å². The fourth-order valence-electron chi connectivity index (χ4n) is 1.58. The summed E-state index contributed by atoms with van der Waals surface area (Å²) >= 11 is 0. The molecule has 0 fully saturated rings. The van der Waals surface area contributed by atoms with Gasteiger partial charge in [0.15, 0.2) is 0 Å². The van der Waals surface area contributed by atoms with Gasteiger partial charge in [-0.3, -0.25) is 0 Å². The molecule has 20 heavy (non-hydrogen) atoms. The third kappa shape index (κ3) is 7.75. The van der Waals surface area contributed by atoms with Crippen LogP contribution in [-0.2, 0) is 26.2 Å². The standard InChI is InChI=1S/C12H10.C5H5.2ClH.Zr/c1-3-7-11(8-4-1)12-9-5-2-6-10-12;1-2-4-5-3-1;;;/h1-10H;1-5H;2*1H;/q;-1;;;.